The number of furan rings is 1. The first-order chi connectivity index (χ1) is 12.4. The van der Waals surface area contributed by atoms with Gasteiger partial charge >= 0.3 is 0 Å². The Labute approximate surface area is 164 Å². The zero-order valence-electron chi connectivity index (χ0n) is 15.1. The molecular formula is C18H20BrN3O3S. The summed E-state index contributed by atoms with van der Waals surface area (Å²) in [5, 5.41) is 0.631. The second-order valence-electron chi connectivity index (χ2n) is 6.12. The zero-order chi connectivity index (χ0) is 18.8. The summed E-state index contributed by atoms with van der Waals surface area (Å²) < 4.78 is 12.4. The number of aromatic nitrogens is 1. The van der Waals surface area contributed by atoms with Crippen LogP contribution in [0.5, 0.6) is 5.75 Å². The summed E-state index contributed by atoms with van der Waals surface area (Å²) in [6.07, 6.45) is 0. The smallest absolute Gasteiger partial charge is 0.295 e. The molecule has 0 radical (unpaired) electrons. The maximum atomic E-state index is 13.0. The third-order valence-electron chi connectivity index (χ3n) is 3.94. The van der Waals surface area contributed by atoms with Gasteiger partial charge in [0.1, 0.15) is 11.3 Å². The minimum absolute atomic E-state index is 0.215. The van der Waals surface area contributed by atoms with Crippen molar-refractivity contribution in [3.05, 3.63) is 40.3 Å². The Morgan fingerprint density at radius 1 is 1.27 bits per heavy atom. The fourth-order valence-corrected chi connectivity index (χ4v) is 3.91. The van der Waals surface area contributed by atoms with E-state index in [0.717, 1.165) is 15.8 Å². The summed E-state index contributed by atoms with van der Waals surface area (Å²) in [4.78, 5) is 21.4. The first-order valence-corrected chi connectivity index (χ1v) is 9.67. The van der Waals surface area contributed by atoms with Crippen molar-refractivity contribution in [1.29, 1.82) is 0 Å². The maximum absolute atomic E-state index is 13.0. The maximum Gasteiger partial charge on any atom is 0.295 e. The number of hydrogen-bond donors (Lipinski definition) is 0. The second kappa shape index (κ2) is 7.77. The van der Waals surface area contributed by atoms with Crippen molar-refractivity contribution < 1.29 is 13.9 Å². The molecule has 0 spiro atoms. The van der Waals surface area contributed by atoms with Crippen LogP contribution in [0.4, 0.5) is 5.13 Å². The lowest BCUT2D eigenvalue weighted by atomic mass is 10.2. The van der Waals surface area contributed by atoms with Crippen molar-refractivity contribution in [2.45, 2.75) is 6.92 Å². The van der Waals surface area contributed by atoms with Crippen LogP contribution in [-0.4, -0.2) is 50.1 Å². The van der Waals surface area contributed by atoms with Crippen molar-refractivity contribution in [1.82, 2.24) is 9.88 Å². The molecule has 3 aromatic rings. The molecule has 0 aliphatic heterocycles. The number of rotatable bonds is 6. The van der Waals surface area contributed by atoms with E-state index in [4.69, 9.17) is 14.1 Å². The molecular weight excluding hydrogens is 418 g/mol. The number of carbonyl (C=O) groups is 1. The highest BCUT2D eigenvalue weighted by atomic mass is 79.9. The normalized spacial score (nSPS) is 11.3. The topological polar surface area (TPSA) is 58.8 Å². The summed E-state index contributed by atoms with van der Waals surface area (Å²) in [5.74, 6) is 0.764. The van der Waals surface area contributed by atoms with Crippen LogP contribution in [0.3, 0.4) is 0 Å². The Morgan fingerprint density at radius 2 is 2.04 bits per heavy atom. The molecule has 138 valence electrons. The number of benzene rings is 1. The van der Waals surface area contributed by atoms with Gasteiger partial charge in [0.2, 0.25) is 0 Å². The zero-order valence-corrected chi connectivity index (χ0v) is 17.5. The molecule has 0 saturated heterocycles. The number of hydrogen-bond acceptors (Lipinski definition) is 6. The van der Waals surface area contributed by atoms with Crippen LogP contribution in [0.25, 0.3) is 10.2 Å². The van der Waals surface area contributed by atoms with Crippen LogP contribution in [0, 0.1) is 6.92 Å². The summed E-state index contributed by atoms with van der Waals surface area (Å²) in [6, 6.07) is 7.27. The molecule has 0 fully saturated rings. The van der Waals surface area contributed by atoms with E-state index in [1.54, 1.807) is 24.1 Å². The second-order valence-corrected chi connectivity index (χ2v) is 7.88. The Hall–Kier alpha value is -1.90. The molecule has 0 saturated carbocycles. The molecule has 0 atom stereocenters. The standard InChI is InChI=1S/C18H20BrN3O3S/c1-11-5-6-12(24-4)15-16(11)26-18(20-15)22(10-9-21(2)3)17(23)13-7-8-14(19)25-13/h5-8H,9-10H2,1-4H3. The molecule has 0 bridgehead atoms. The van der Waals surface area contributed by atoms with Crippen molar-refractivity contribution in [3.63, 3.8) is 0 Å². The van der Waals surface area contributed by atoms with Gasteiger partial charge in [-0.3, -0.25) is 9.69 Å². The van der Waals surface area contributed by atoms with Crippen molar-refractivity contribution in [3.8, 4) is 5.75 Å². The number of carbonyl (C=O) groups excluding carboxylic acids is 1. The largest absolute Gasteiger partial charge is 0.494 e. The van der Waals surface area contributed by atoms with Gasteiger partial charge in [0.25, 0.3) is 5.91 Å². The first kappa shape index (κ1) is 18.9. The SMILES string of the molecule is COc1ccc(C)c2sc(N(CCN(C)C)C(=O)c3ccc(Br)o3)nc12. The number of likely N-dealkylation sites (N-methyl/N-ethyl adjacent to an activating group) is 1. The minimum atomic E-state index is -0.215. The molecule has 8 heteroatoms. The van der Waals surface area contributed by atoms with Gasteiger partial charge in [-0.05, 0) is 60.7 Å². The van der Waals surface area contributed by atoms with E-state index >= 15 is 0 Å². The molecule has 0 aliphatic rings. The third kappa shape index (κ3) is 3.77. The van der Waals surface area contributed by atoms with E-state index in [1.807, 2.05) is 38.1 Å². The number of anilines is 1. The van der Waals surface area contributed by atoms with Crippen LogP contribution in [0.2, 0.25) is 0 Å². The number of thiazole rings is 1. The Balaban J connectivity index is 2.05. The van der Waals surface area contributed by atoms with E-state index in [0.29, 0.717) is 28.6 Å². The van der Waals surface area contributed by atoms with E-state index in [9.17, 15) is 4.79 Å². The van der Waals surface area contributed by atoms with Gasteiger partial charge in [-0.15, -0.1) is 0 Å². The van der Waals surface area contributed by atoms with E-state index < -0.39 is 0 Å². The van der Waals surface area contributed by atoms with Crippen LogP contribution in [0.1, 0.15) is 16.1 Å². The molecule has 6 nitrogen and oxygen atoms in total. The van der Waals surface area contributed by atoms with Crippen LogP contribution in [0.15, 0.2) is 33.4 Å². The van der Waals surface area contributed by atoms with Gasteiger partial charge in [-0.25, -0.2) is 4.98 Å². The number of nitrogens with zero attached hydrogens (tertiary/aromatic N) is 3. The highest BCUT2D eigenvalue weighted by Crippen LogP contribution is 2.36. The summed E-state index contributed by atoms with van der Waals surface area (Å²) in [7, 11) is 5.56. The van der Waals surface area contributed by atoms with Gasteiger partial charge in [-0.1, -0.05) is 17.4 Å². The molecule has 1 aromatic carbocycles. The van der Waals surface area contributed by atoms with Crippen LogP contribution < -0.4 is 9.64 Å². The Morgan fingerprint density at radius 3 is 2.65 bits per heavy atom. The van der Waals surface area contributed by atoms with Crippen LogP contribution >= 0.6 is 27.3 Å². The molecule has 3 rings (SSSR count). The molecule has 2 aromatic heterocycles. The predicted molar refractivity (Wildman–Crippen MR) is 108 cm³/mol. The third-order valence-corrected chi connectivity index (χ3v) is 5.58. The summed E-state index contributed by atoms with van der Waals surface area (Å²) in [6.45, 7) is 3.24. The first-order valence-electron chi connectivity index (χ1n) is 8.06. The number of amides is 1. The molecule has 2 heterocycles. The highest BCUT2D eigenvalue weighted by Gasteiger charge is 2.25. The quantitative estimate of drug-likeness (QED) is 0.578. The lowest BCUT2D eigenvalue weighted by Crippen LogP contribution is -2.36. The number of aryl methyl sites for hydroxylation is 1. The van der Waals surface area contributed by atoms with Crippen molar-refractivity contribution >= 4 is 48.5 Å². The highest BCUT2D eigenvalue weighted by molar-refractivity contribution is 9.10. The predicted octanol–water partition coefficient (Wildman–Crippen LogP) is 4.18. The Kier molecular flexibility index (Phi) is 5.64. The van der Waals surface area contributed by atoms with E-state index in [-0.39, 0.29) is 11.7 Å². The lowest BCUT2D eigenvalue weighted by Gasteiger charge is -2.20. The molecule has 26 heavy (non-hydrogen) atoms. The number of halogens is 1. The minimum Gasteiger partial charge on any atom is -0.494 e. The van der Waals surface area contributed by atoms with E-state index in [2.05, 4.69) is 15.9 Å². The molecule has 1 amide bonds. The van der Waals surface area contributed by atoms with Crippen molar-refractivity contribution in [2.24, 2.45) is 0 Å². The molecule has 0 N–H and O–H groups in total. The lowest BCUT2D eigenvalue weighted by molar-refractivity contribution is 0.0957. The van der Waals surface area contributed by atoms with E-state index in [1.165, 1.54) is 11.3 Å². The fraction of sp³-hybridized carbons (Fsp3) is 0.333. The van der Waals surface area contributed by atoms with Gasteiger partial charge in [0, 0.05) is 13.1 Å². The monoisotopic (exact) mass is 437 g/mol. The van der Waals surface area contributed by atoms with Gasteiger partial charge < -0.3 is 14.1 Å². The van der Waals surface area contributed by atoms with Crippen molar-refractivity contribution in [2.75, 3.05) is 39.2 Å². The number of fused-ring (bicyclic) bond motifs is 1. The summed E-state index contributed by atoms with van der Waals surface area (Å²) >= 11 is 4.73. The summed E-state index contributed by atoms with van der Waals surface area (Å²) in [5.41, 5.74) is 1.88. The van der Waals surface area contributed by atoms with Gasteiger partial charge in [0.05, 0.1) is 11.8 Å². The van der Waals surface area contributed by atoms with Crippen LogP contribution in [-0.2, 0) is 0 Å². The molecule has 0 aliphatic carbocycles. The molecule has 0 unspecified atom stereocenters. The van der Waals surface area contributed by atoms with Gasteiger partial charge in [0.15, 0.2) is 15.6 Å². The average Bonchev–Trinajstić information content (AvgIpc) is 3.22. The fourth-order valence-electron chi connectivity index (χ4n) is 2.52. The number of ether oxygens (including phenoxy) is 1. The Bertz CT molecular complexity index is 935. The number of methoxy groups -OCH3 is 1. The average molecular weight is 438 g/mol. The van der Waals surface area contributed by atoms with Gasteiger partial charge in [-0.2, -0.15) is 0 Å².